The number of carbonyl (C=O) groups excluding carboxylic acids is 1. The Morgan fingerprint density at radius 2 is 1.77 bits per heavy atom. The van der Waals surface area contributed by atoms with Gasteiger partial charge in [0.05, 0.1) is 18.3 Å². The monoisotopic (exact) mass is 408 g/mol. The van der Waals surface area contributed by atoms with E-state index in [1.165, 1.54) is 16.7 Å². The number of pyridine rings is 1. The van der Waals surface area contributed by atoms with Gasteiger partial charge in [-0.2, -0.15) is 0 Å². The highest BCUT2D eigenvalue weighted by atomic mass is 16.3. The second-order valence-electron chi connectivity index (χ2n) is 8.80. The number of hydrogen-bond donors (Lipinski definition) is 1. The molecule has 1 aromatic heterocycles. The van der Waals surface area contributed by atoms with E-state index >= 15 is 0 Å². The molecule has 3 heterocycles. The van der Waals surface area contributed by atoms with E-state index in [-0.39, 0.29) is 6.03 Å². The molecule has 160 valence electrons. The SMILES string of the molecule is CC(C)c1ccc(CN2CCN(CC(O)CN3CCc4ccccc4C3)C2=O)nc1. The summed E-state index contributed by atoms with van der Waals surface area (Å²) >= 11 is 0. The van der Waals surface area contributed by atoms with Crippen LogP contribution >= 0.6 is 0 Å². The summed E-state index contributed by atoms with van der Waals surface area (Å²) in [6, 6.07) is 12.6. The van der Waals surface area contributed by atoms with Gasteiger partial charge in [-0.15, -0.1) is 0 Å². The maximum Gasteiger partial charge on any atom is 0.320 e. The third-order valence-corrected chi connectivity index (χ3v) is 6.16. The van der Waals surface area contributed by atoms with E-state index in [0.29, 0.717) is 38.6 Å². The molecule has 6 nitrogen and oxygen atoms in total. The molecule has 1 aromatic carbocycles. The summed E-state index contributed by atoms with van der Waals surface area (Å²) in [6.07, 6.45) is 2.38. The van der Waals surface area contributed by atoms with Gasteiger partial charge in [0.1, 0.15) is 0 Å². The summed E-state index contributed by atoms with van der Waals surface area (Å²) in [6.45, 7) is 8.94. The Bertz CT molecular complexity index is 868. The van der Waals surface area contributed by atoms with Gasteiger partial charge in [0.15, 0.2) is 0 Å². The van der Waals surface area contributed by atoms with Crippen LogP contribution in [-0.2, 0) is 19.5 Å². The first kappa shape index (κ1) is 20.8. The molecule has 2 aliphatic heterocycles. The lowest BCUT2D eigenvalue weighted by Gasteiger charge is -2.31. The minimum atomic E-state index is -0.539. The van der Waals surface area contributed by atoms with Crippen LogP contribution in [0.25, 0.3) is 0 Å². The quantitative estimate of drug-likeness (QED) is 0.765. The number of carbonyl (C=O) groups is 1. The van der Waals surface area contributed by atoms with E-state index in [1.807, 2.05) is 17.2 Å². The zero-order chi connectivity index (χ0) is 21.1. The van der Waals surface area contributed by atoms with Gasteiger partial charge in [-0.25, -0.2) is 4.79 Å². The van der Waals surface area contributed by atoms with Crippen LogP contribution in [0, 0.1) is 0 Å². The number of fused-ring (bicyclic) bond motifs is 1. The first-order chi connectivity index (χ1) is 14.5. The van der Waals surface area contributed by atoms with Crippen molar-refractivity contribution >= 4 is 6.03 Å². The van der Waals surface area contributed by atoms with Crippen molar-refractivity contribution in [3.63, 3.8) is 0 Å². The normalized spacial score (nSPS) is 18.2. The molecule has 1 atom stereocenters. The molecule has 30 heavy (non-hydrogen) atoms. The number of aliphatic hydroxyl groups excluding tert-OH is 1. The largest absolute Gasteiger partial charge is 0.390 e. The molecule has 6 heteroatoms. The Hall–Kier alpha value is -2.44. The predicted octanol–water partition coefficient (Wildman–Crippen LogP) is 2.86. The average Bonchev–Trinajstić information content (AvgIpc) is 3.07. The fraction of sp³-hybridized carbons (Fsp3) is 0.500. The van der Waals surface area contributed by atoms with E-state index in [1.54, 1.807) is 4.90 Å². The van der Waals surface area contributed by atoms with Gasteiger partial charge in [0, 0.05) is 45.5 Å². The van der Waals surface area contributed by atoms with Crippen LogP contribution in [0.4, 0.5) is 4.79 Å². The zero-order valence-corrected chi connectivity index (χ0v) is 18.0. The van der Waals surface area contributed by atoms with Gasteiger partial charge in [0.2, 0.25) is 0 Å². The number of amides is 2. The fourth-order valence-corrected chi connectivity index (χ4v) is 4.34. The van der Waals surface area contributed by atoms with Crippen molar-refractivity contribution in [3.8, 4) is 0 Å². The minimum absolute atomic E-state index is 0.00669. The minimum Gasteiger partial charge on any atom is -0.390 e. The number of urea groups is 1. The highest BCUT2D eigenvalue weighted by Crippen LogP contribution is 2.19. The number of nitrogens with zero attached hydrogens (tertiary/aromatic N) is 4. The van der Waals surface area contributed by atoms with Crippen LogP contribution in [0.3, 0.4) is 0 Å². The molecule has 0 radical (unpaired) electrons. The maximum absolute atomic E-state index is 12.8. The number of aromatic nitrogens is 1. The van der Waals surface area contributed by atoms with E-state index in [2.05, 4.69) is 54.1 Å². The molecule has 0 aliphatic carbocycles. The predicted molar refractivity (Wildman–Crippen MR) is 117 cm³/mol. The van der Waals surface area contributed by atoms with Crippen molar-refractivity contribution in [2.24, 2.45) is 0 Å². The van der Waals surface area contributed by atoms with Gasteiger partial charge in [-0.1, -0.05) is 44.2 Å². The molecule has 0 spiro atoms. The molecular formula is C24H32N4O2. The molecular weight excluding hydrogens is 376 g/mol. The Morgan fingerprint density at radius 1 is 1.00 bits per heavy atom. The summed E-state index contributed by atoms with van der Waals surface area (Å²) in [5.41, 5.74) is 4.86. The molecule has 2 aromatic rings. The van der Waals surface area contributed by atoms with Gasteiger partial charge < -0.3 is 14.9 Å². The first-order valence-corrected chi connectivity index (χ1v) is 11.0. The average molecular weight is 409 g/mol. The van der Waals surface area contributed by atoms with Crippen molar-refractivity contribution in [1.29, 1.82) is 0 Å². The number of rotatable bonds is 7. The summed E-state index contributed by atoms with van der Waals surface area (Å²) in [5.74, 6) is 0.449. The zero-order valence-electron chi connectivity index (χ0n) is 18.0. The molecule has 2 aliphatic rings. The van der Waals surface area contributed by atoms with Crippen LogP contribution in [0.15, 0.2) is 42.6 Å². The number of β-amino-alcohol motifs (C(OH)–C–C–N with tert-alkyl or cyclic N) is 1. The number of aliphatic hydroxyl groups is 1. The van der Waals surface area contributed by atoms with Crippen molar-refractivity contribution in [2.75, 3.05) is 32.7 Å². The van der Waals surface area contributed by atoms with Crippen LogP contribution in [0.2, 0.25) is 0 Å². The number of hydrogen-bond acceptors (Lipinski definition) is 4. The number of benzene rings is 1. The van der Waals surface area contributed by atoms with Crippen LogP contribution in [0.1, 0.15) is 42.1 Å². The lowest BCUT2D eigenvalue weighted by atomic mass is 10.00. The Balaban J connectivity index is 1.27. The smallest absolute Gasteiger partial charge is 0.320 e. The van der Waals surface area contributed by atoms with E-state index in [4.69, 9.17) is 0 Å². The van der Waals surface area contributed by atoms with Gasteiger partial charge in [-0.3, -0.25) is 9.88 Å². The summed E-state index contributed by atoms with van der Waals surface area (Å²) in [7, 11) is 0. The fourth-order valence-electron chi connectivity index (χ4n) is 4.34. The van der Waals surface area contributed by atoms with Crippen LogP contribution in [-0.4, -0.2) is 69.6 Å². The molecule has 1 fully saturated rings. The third kappa shape index (κ3) is 4.82. The molecule has 0 saturated carbocycles. The Kier molecular flexibility index (Phi) is 6.35. The second-order valence-corrected chi connectivity index (χ2v) is 8.80. The van der Waals surface area contributed by atoms with Gasteiger partial charge >= 0.3 is 6.03 Å². The van der Waals surface area contributed by atoms with E-state index < -0.39 is 6.10 Å². The Labute approximate surface area is 179 Å². The lowest BCUT2D eigenvalue weighted by Crippen LogP contribution is -2.43. The van der Waals surface area contributed by atoms with Gasteiger partial charge in [-0.05, 0) is 35.1 Å². The first-order valence-electron chi connectivity index (χ1n) is 11.0. The van der Waals surface area contributed by atoms with Gasteiger partial charge in [0.25, 0.3) is 0 Å². The Morgan fingerprint density at radius 3 is 2.50 bits per heavy atom. The molecule has 1 unspecified atom stereocenters. The lowest BCUT2D eigenvalue weighted by molar-refractivity contribution is 0.0812. The molecule has 2 amide bonds. The molecule has 0 bridgehead atoms. The van der Waals surface area contributed by atoms with Crippen molar-refractivity contribution < 1.29 is 9.90 Å². The maximum atomic E-state index is 12.8. The summed E-state index contributed by atoms with van der Waals surface area (Å²) < 4.78 is 0. The second kappa shape index (κ2) is 9.14. The standard InChI is InChI=1S/C24H32N4O2/c1-18(2)20-7-8-22(25-13-20)15-27-11-12-28(24(27)30)17-23(29)16-26-10-9-19-5-3-4-6-21(19)14-26/h3-8,13,18,23,29H,9-12,14-17H2,1-2H3. The van der Waals surface area contributed by atoms with Crippen molar-refractivity contribution in [1.82, 2.24) is 19.7 Å². The molecule has 1 N–H and O–H groups in total. The van der Waals surface area contributed by atoms with Crippen LogP contribution < -0.4 is 0 Å². The van der Waals surface area contributed by atoms with Crippen LogP contribution in [0.5, 0.6) is 0 Å². The summed E-state index contributed by atoms with van der Waals surface area (Å²) in [4.78, 5) is 23.2. The van der Waals surface area contributed by atoms with Crippen molar-refractivity contribution in [3.05, 3.63) is 65.0 Å². The van der Waals surface area contributed by atoms with E-state index in [9.17, 15) is 9.90 Å². The van der Waals surface area contributed by atoms with E-state index in [0.717, 1.165) is 25.2 Å². The third-order valence-electron chi connectivity index (χ3n) is 6.16. The topological polar surface area (TPSA) is 59.9 Å². The van der Waals surface area contributed by atoms with Crippen molar-refractivity contribution in [2.45, 2.75) is 45.4 Å². The highest BCUT2D eigenvalue weighted by Gasteiger charge is 2.30. The molecule has 4 rings (SSSR count). The summed E-state index contributed by atoms with van der Waals surface area (Å²) in [5, 5.41) is 10.6. The highest BCUT2D eigenvalue weighted by molar-refractivity contribution is 5.76. The molecule has 1 saturated heterocycles.